The number of likely N-dealkylation sites (tertiary alicyclic amines) is 1. The lowest BCUT2D eigenvalue weighted by Crippen LogP contribution is -2.44. The molecule has 1 saturated carbocycles. The average molecular weight is 540 g/mol. The number of nitrogens with zero attached hydrogens (tertiary/aromatic N) is 6. The first-order chi connectivity index (χ1) is 19.5. The monoisotopic (exact) mass is 539 g/mol. The molecule has 6 rings (SSSR count). The van der Waals surface area contributed by atoms with Gasteiger partial charge in [-0.05, 0) is 75.2 Å². The number of ether oxygens (including phenoxy) is 1. The minimum atomic E-state index is -0.721. The molecule has 1 aliphatic heterocycles. The molecule has 4 heterocycles. The second-order valence-corrected chi connectivity index (χ2v) is 10.5. The van der Waals surface area contributed by atoms with Crippen LogP contribution in [0.5, 0.6) is 5.88 Å². The number of carbonyl (C=O) groups excluding carboxylic acids is 1. The zero-order valence-corrected chi connectivity index (χ0v) is 22.1. The Hall–Kier alpha value is -4.36. The molecule has 2 aliphatic rings. The number of imidazole rings is 1. The number of nitrogens with one attached hydrogen (secondary N) is 1. The van der Waals surface area contributed by atoms with E-state index >= 15 is 0 Å². The molecule has 1 aliphatic carbocycles. The van der Waals surface area contributed by atoms with Crippen molar-refractivity contribution in [3.05, 3.63) is 83.6 Å². The average Bonchev–Trinajstić information content (AvgIpc) is 3.31. The van der Waals surface area contributed by atoms with Crippen molar-refractivity contribution < 1.29 is 13.9 Å². The fraction of sp³-hybridized carbons (Fsp3) is 0.367. The number of halogens is 1. The van der Waals surface area contributed by atoms with Crippen LogP contribution in [0, 0.1) is 17.1 Å². The van der Waals surface area contributed by atoms with Crippen LogP contribution >= 0.6 is 0 Å². The predicted octanol–water partition coefficient (Wildman–Crippen LogP) is 4.30. The molecule has 1 aromatic carbocycles. The number of amides is 1. The van der Waals surface area contributed by atoms with Crippen LogP contribution in [-0.4, -0.2) is 56.6 Å². The van der Waals surface area contributed by atoms with E-state index in [1.54, 1.807) is 12.4 Å². The van der Waals surface area contributed by atoms with Gasteiger partial charge in [-0.1, -0.05) is 12.5 Å². The molecule has 3 aromatic heterocycles. The summed E-state index contributed by atoms with van der Waals surface area (Å²) in [6.07, 6.45) is 8.13. The molecular formula is C30H30FN7O2. The Morgan fingerprint density at radius 1 is 1.15 bits per heavy atom. The van der Waals surface area contributed by atoms with Crippen LogP contribution in [-0.2, 0) is 5.41 Å². The predicted molar refractivity (Wildman–Crippen MR) is 146 cm³/mol. The van der Waals surface area contributed by atoms with E-state index in [1.807, 2.05) is 28.8 Å². The van der Waals surface area contributed by atoms with Gasteiger partial charge in [0.05, 0.1) is 29.0 Å². The van der Waals surface area contributed by atoms with Crippen molar-refractivity contribution >= 4 is 16.9 Å². The van der Waals surface area contributed by atoms with Gasteiger partial charge in [-0.3, -0.25) is 14.7 Å². The minimum Gasteiger partial charge on any atom is -0.476 e. The second-order valence-electron chi connectivity index (χ2n) is 10.5. The summed E-state index contributed by atoms with van der Waals surface area (Å²) in [5, 5.41) is 10.1. The molecule has 0 spiro atoms. The Morgan fingerprint density at radius 3 is 2.67 bits per heavy atom. The standard InChI is InChI=1S/C30H30FN7O2/c31-22-9-7-21(8-10-22)28(39)36-29-35-24-19-34-27(40-15-14-37-12-4-1-5-13-37)16-25(24)38(29)23-17-30(18-23,20-32)26-6-2-3-11-33-26/h2-3,6-11,16,19,23H,1,4-5,12-15,17-18H2,(H,35,36,39)/t23-,30+. The van der Waals surface area contributed by atoms with Gasteiger partial charge in [-0.15, -0.1) is 0 Å². The topological polar surface area (TPSA) is 112 Å². The summed E-state index contributed by atoms with van der Waals surface area (Å²) < 4.78 is 21.4. The zero-order valence-electron chi connectivity index (χ0n) is 22.1. The van der Waals surface area contributed by atoms with Gasteiger partial charge < -0.3 is 14.3 Å². The lowest BCUT2D eigenvalue weighted by atomic mass is 9.64. The molecule has 2 fully saturated rings. The molecule has 0 atom stereocenters. The molecule has 0 unspecified atom stereocenters. The molecule has 10 heteroatoms. The van der Waals surface area contributed by atoms with E-state index in [4.69, 9.17) is 4.74 Å². The van der Waals surface area contributed by atoms with E-state index in [1.165, 1.54) is 43.5 Å². The van der Waals surface area contributed by atoms with Gasteiger partial charge in [-0.2, -0.15) is 10.3 Å². The third-order valence-electron chi connectivity index (χ3n) is 7.90. The Kier molecular flexibility index (Phi) is 7.13. The smallest absolute Gasteiger partial charge is 0.280 e. The molecule has 204 valence electrons. The van der Waals surface area contributed by atoms with Crippen molar-refractivity contribution in [2.75, 3.05) is 26.2 Å². The molecule has 0 radical (unpaired) electrons. The zero-order chi connectivity index (χ0) is 27.5. The summed E-state index contributed by atoms with van der Waals surface area (Å²) in [6.45, 7) is 3.57. The van der Waals surface area contributed by atoms with Gasteiger partial charge in [0.25, 0.3) is 5.91 Å². The first-order valence-electron chi connectivity index (χ1n) is 13.7. The van der Waals surface area contributed by atoms with Crippen molar-refractivity contribution in [2.45, 2.75) is 43.6 Å². The fourth-order valence-corrected chi connectivity index (χ4v) is 5.69. The van der Waals surface area contributed by atoms with Gasteiger partial charge in [0.15, 0.2) is 0 Å². The minimum absolute atomic E-state index is 0.112. The van der Waals surface area contributed by atoms with Gasteiger partial charge in [-0.25, -0.2) is 9.37 Å². The summed E-state index contributed by atoms with van der Waals surface area (Å²) in [5.74, 6) is -0.431. The third kappa shape index (κ3) is 5.12. The van der Waals surface area contributed by atoms with Gasteiger partial charge in [0.1, 0.15) is 17.8 Å². The maximum Gasteiger partial charge on any atom is 0.280 e. The number of carbonyl (C=O) groups is 1. The number of pyridine rings is 2. The number of hydrogen-bond donors (Lipinski definition) is 1. The summed E-state index contributed by atoms with van der Waals surface area (Å²) >= 11 is 0. The molecule has 1 amide bonds. The van der Waals surface area contributed by atoms with Crippen LogP contribution in [0.3, 0.4) is 0 Å². The number of aromatic amines is 1. The number of rotatable bonds is 7. The highest BCUT2D eigenvalue weighted by Crippen LogP contribution is 2.49. The van der Waals surface area contributed by atoms with Crippen LogP contribution in [0.25, 0.3) is 11.0 Å². The lowest BCUT2D eigenvalue weighted by molar-refractivity contribution is 0.0995. The highest BCUT2D eigenvalue weighted by Gasteiger charge is 2.48. The van der Waals surface area contributed by atoms with E-state index < -0.39 is 17.1 Å². The van der Waals surface area contributed by atoms with E-state index in [-0.39, 0.29) is 11.6 Å². The molecular weight excluding hydrogens is 509 g/mol. The molecule has 9 nitrogen and oxygen atoms in total. The van der Waals surface area contributed by atoms with Crippen LogP contribution in [0.4, 0.5) is 4.39 Å². The van der Waals surface area contributed by atoms with Crippen LogP contribution in [0.2, 0.25) is 0 Å². The van der Waals surface area contributed by atoms with Crippen LogP contribution in [0.1, 0.15) is 54.2 Å². The Labute approximate surface area is 231 Å². The highest BCUT2D eigenvalue weighted by atomic mass is 19.1. The number of piperidine rings is 1. The van der Waals surface area contributed by atoms with E-state index in [0.29, 0.717) is 36.5 Å². The van der Waals surface area contributed by atoms with Crippen molar-refractivity contribution in [1.29, 1.82) is 5.26 Å². The summed E-state index contributed by atoms with van der Waals surface area (Å²) in [4.78, 5) is 31.9. The quantitative estimate of drug-likeness (QED) is 0.375. The van der Waals surface area contributed by atoms with Crippen molar-refractivity contribution in [2.24, 2.45) is 4.99 Å². The van der Waals surface area contributed by atoms with Crippen molar-refractivity contribution in [1.82, 2.24) is 24.4 Å². The highest BCUT2D eigenvalue weighted by molar-refractivity contribution is 5.94. The SMILES string of the molecule is N#C[C@]1(c2ccccn2)C[C@@H](n2/c(=N/C(=O)c3ccc(F)cc3)[nH]c3cnc(OCCN4CCCCC4)cc32)C1. The molecule has 1 N–H and O–H groups in total. The van der Waals surface area contributed by atoms with E-state index in [2.05, 4.69) is 30.9 Å². The summed E-state index contributed by atoms with van der Waals surface area (Å²) in [7, 11) is 0. The molecule has 1 saturated heterocycles. The summed E-state index contributed by atoms with van der Waals surface area (Å²) in [6, 6.07) is 15.1. The largest absolute Gasteiger partial charge is 0.476 e. The maximum absolute atomic E-state index is 13.4. The maximum atomic E-state index is 13.4. The normalized spacial score (nSPS) is 21.6. The summed E-state index contributed by atoms with van der Waals surface area (Å²) in [5.41, 5.74) is 2.11. The van der Waals surface area contributed by atoms with Gasteiger partial charge in [0, 0.05) is 30.4 Å². The number of hydrogen-bond acceptors (Lipinski definition) is 6. The number of benzene rings is 1. The van der Waals surface area contributed by atoms with Gasteiger partial charge >= 0.3 is 0 Å². The molecule has 4 aromatic rings. The van der Waals surface area contributed by atoms with E-state index in [0.717, 1.165) is 30.8 Å². The second kappa shape index (κ2) is 11.0. The Morgan fingerprint density at radius 2 is 1.95 bits per heavy atom. The number of fused-ring (bicyclic) bond motifs is 1. The van der Waals surface area contributed by atoms with Gasteiger partial charge in [0.2, 0.25) is 11.5 Å². The number of H-pyrrole nitrogens is 1. The lowest BCUT2D eigenvalue weighted by Gasteiger charge is -2.42. The fourth-order valence-electron chi connectivity index (χ4n) is 5.69. The Bertz CT molecular complexity index is 1610. The van der Waals surface area contributed by atoms with Crippen LogP contribution < -0.4 is 10.4 Å². The van der Waals surface area contributed by atoms with E-state index in [9.17, 15) is 14.4 Å². The molecule has 0 bridgehead atoms. The first kappa shape index (κ1) is 25.9. The van der Waals surface area contributed by atoms with Crippen LogP contribution in [0.15, 0.2) is 65.9 Å². The van der Waals surface area contributed by atoms with Crippen molar-refractivity contribution in [3.63, 3.8) is 0 Å². The number of nitriles is 1. The molecule has 40 heavy (non-hydrogen) atoms. The Balaban J connectivity index is 1.33. The first-order valence-corrected chi connectivity index (χ1v) is 13.7. The third-order valence-corrected chi connectivity index (χ3v) is 7.90. The van der Waals surface area contributed by atoms with Crippen molar-refractivity contribution in [3.8, 4) is 11.9 Å². The number of aromatic nitrogens is 4.